The van der Waals surface area contributed by atoms with Crippen LogP contribution in [0.3, 0.4) is 0 Å². The summed E-state index contributed by atoms with van der Waals surface area (Å²) in [5.74, 6) is 2.26. The zero-order valence-corrected chi connectivity index (χ0v) is 13.1. The van der Waals surface area contributed by atoms with Gasteiger partial charge in [-0.15, -0.1) is 0 Å². The molecule has 23 heavy (non-hydrogen) atoms. The number of ether oxygens (including phenoxy) is 2. The molecular formula is C17H19NO5. The summed E-state index contributed by atoms with van der Waals surface area (Å²) in [6, 6.07) is 6.94. The first kappa shape index (κ1) is 15.4. The van der Waals surface area contributed by atoms with Crippen LogP contribution in [-0.2, 0) is 0 Å². The summed E-state index contributed by atoms with van der Waals surface area (Å²) < 4.78 is 16.3. The standard InChI is InChI=1S/C17H19NO5/c1-10-7-13(11(2)23-10)17(20)18-9-14(19)12-3-4-15-16(8-12)22-6-5-21-15/h3-4,7-8,14,19H,5-6,9H2,1-2H3,(H,18,20)/t14-/m1/s1. The highest BCUT2D eigenvalue weighted by Gasteiger charge is 2.18. The average molecular weight is 317 g/mol. The third kappa shape index (κ3) is 3.32. The molecule has 0 bridgehead atoms. The van der Waals surface area contributed by atoms with Crippen molar-refractivity contribution in [3.8, 4) is 11.5 Å². The highest BCUT2D eigenvalue weighted by Crippen LogP contribution is 2.32. The molecule has 0 saturated carbocycles. The fourth-order valence-electron chi connectivity index (χ4n) is 2.53. The fraction of sp³-hybridized carbons (Fsp3) is 0.353. The number of hydrogen-bond acceptors (Lipinski definition) is 5. The Morgan fingerprint density at radius 3 is 2.65 bits per heavy atom. The van der Waals surface area contributed by atoms with Crippen LogP contribution in [-0.4, -0.2) is 30.8 Å². The van der Waals surface area contributed by atoms with Crippen LogP contribution in [0.1, 0.15) is 33.5 Å². The van der Waals surface area contributed by atoms with E-state index in [1.165, 1.54) is 0 Å². The topological polar surface area (TPSA) is 80.9 Å². The Morgan fingerprint density at radius 2 is 1.96 bits per heavy atom. The maximum Gasteiger partial charge on any atom is 0.254 e. The highest BCUT2D eigenvalue weighted by atomic mass is 16.6. The second-order valence-corrected chi connectivity index (χ2v) is 5.46. The van der Waals surface area contributed by atoms with Crippen LogP contribution in [0.15, 0.2) is 28.7 Å². The van der Waals surface area contributed by atoms with E-state index in [0.717, 1.165) is 0 Å². The molecule has 6 nitrogen and oxygen atoms in total. The molecule has 2 N–H and O–H groups in total. The normalized spacial score (nSPS) is 14.4. The first-order valence-corrected chi connectivity index (χ1v) is 7.47. The zero-order chi connectivity index (χ0) is 16.4. The van der Waals surface area contributed by atoms with E-state index in [4.69, 9.17) is 13.9 Å². The number of aliphatic hydroxyl groups is 1. The van der Waals surface area contributed by atoms with Gasteiger partial charge in [-0.2, -0.15) is 0 Å². The summed E-state index contributed by atoms with van der Waals surface area (Å²) >= 11 is 0. The zero-order valence-electron chi connectivity index (χ0n) is 13.1. The smallest absolute Gasteiger partial charge is 0.254 e. The molecule has 2 heterocycles. The quantitative estimate of drug-likeness (QED) is 0.903. The van der Waals surface area contributed by atoms with Gasteiger partial charge in [0.15, 0.2) is 11.5 Å². The number of nitrogens with one attached hydrogen (secondary N) is 1. The van der Waals surface area contributed by atoms with Crippen molar-refractivity contribution in [2.75, 3.05) is 19.8 Å². The number of amides is 1. The number of furan rings is 1. The Kier molecular flexibility index (Phi) is 4.25. The molecule has 0 unspecified atom stereocenters. The van der Waals surface area contributed by atoms with Crippen molar-refractivity contribution in [3.05, 3.63) is 46.9 Å². The Balaban J connectivity index is 1.64. The number of rotatable bonds is 4. The third-order valence-electron chi connectivity index (χ3n) is 3.69. The number of aliphatic hydroxyl groups excluding tert-OH is 1. The molecule has 0 saturated heterocycles. The van der Waals surface area contributed by atoms with Gasteiger partial charge in [-0.25, -0.2) is 0 Å². The lowest BCUT2D eigenvalue weighted by atomic mass is 10.1. The van der Waals surface area contributed by atoms with E-state index < -0.39 is 6.10 Å². The maximum absolute atomic E-state index is 12.1. The van der Waals surface area contributed by atoms with E-state index in [9.17, 15) is 9.90 Å². The predicted octanol–water partition coefficient (Wildman–Crippen LogP) is 2.13. The van der Waals surface area contributed by atoms with E-state index in [1.807, 2.05) is 0 Å². The monoisotopic (exact) mass is 317 g/mol. The largest absolute Gasteiger partial charge is 0.486 e. The molecule has 1 amide bonds. The summed E-state index contributed by atoms with van der Waals surface area (Å²) in [7, 11) is 0. The van der Waals surface area contributed by atoms with Gasteiger partial charge in [0, 0.05) is 6.54 Å². The second-order valence-electron chi connectivity index (χ2n) is 5.46. The summed E-state index contributed by atoms with van der Waals surface area (Å²) in [4.78, 5) is 12.1. The van der Waals surface area contributed by atoms with Crippen molar-refractivity contribution in [3.63, 3.8) is 0 Å². The van der Waals surface area contributed by atoms with E-state index >= 15 is 0 Å². The van der Waals surface area contributed by atoms with Gasteiger partial charge in [0.25, 0.3) is 5.91 Å². The van der Waals surface area contributed by atoms with Crippen molar-refractivity contribution >= 4 is 5.91 Å². The van der Waals surface area contributed by atoms with E-state index in [2.05, 4.69) is 5.32 Å². The Hall–Kier alpha value is -2.47. The van der Waals surface area contributed by atoms with E-state index in [1.54, 1.807) is 38.1 Å². The molecule has 0 aliphatic carbocycles. The molecule has 0 fully saturated rings. The maximum atomic E-state index is 12.1. The second kappa shape index (κ2) is 6.34. The molecule has 0 radical (unpaired) electrons. The number of hydrogen-bond donors (Lipinski definition) is 2. The van der Waals surface area contributed by atoms with Crippen LogP contribution in [0.4, 0.5) is 0 Å². The molecule has 0 spiro atoms. The number of benzene rings is 1. The Bertz CT molecular complexity index is 722. The first-order chi connectivity index (χ1) is 11.0. The number of fused-ring (bicyclic) bond motifs is 1. The van der Waals surface area contributed by atoms with Gasteiger partial charge in [-0.1, -0.05) is 6.07 Å². The Labute approximate surface area is 134 Å². The minimum atomic E-state index is -0.830. The fourth-order valence-corrected chi connectivity index (χ4v) is 2.53. The predicted molar refractivity (Wildman–Crippen MR) is 82.9 cm³/mol. The Morgan fingerprint density at radius 1 is 1.22 bits per heavy atom. The molecule has 3 rings (SSSR count). The van der Waals surface area contributed by atoms with Gasteiger partial charge in [-0.3, -0.25) is 4.79 Å². The molecular weight excluding hydrogens is 298 g/mol. The molecule has 1 aromatic heterocycles. The SMILES string of the molecule is Cc1cc(C(=O)NC[C@@H](O)c2ccc3c(c2)OCCO3)c(C)o1. The average Bonchev–Trinajstić information content (AvgIpc) is 2.90. The minimum absolute atomic E-state index is 0.0993. The van der Waals surface area contributed by atoms with Crippen LogP contribution in [0, 0.1) is 13.8 Å². The van der Waals surface area contributed by atoms with Crippen LogP contribution in [0.5, 0.6) is 11.5 Å². The highest BCUT2D eigenvalue weighted by molar-refractivity contribution is 5.95. The van der Waals surface area contributed by atoms with Gasteiger partial charge >= 0.3 is 0 Å². The minimum Gasteiger partial charge on any atom is -0.486 e. The third-order valence-corrected chi connectivity index (χ3v) is 3.69. The van der Waals surface area contributed by atoms with Crippen molar-refractivity contribution in [2.24, 2.45) is 0 Å². The van der Waals surface area contributed by atoms with Crippen LogP contribution >= 0.6 is 0 Å². The van der Waals surface area contributed by atoms with Crippen LogP contribution < -0.4 is 14.8 Å². The van der Waals surface area contributed by atoms with Crippen molar-refractivity contribution in [1.29, 1.82) is 0 Å². The molecule has 1 aliphatic heterocycles. The molecule has 1 aliphatic rings. The lowest BCUT2D eigenvalue weighted by Gasteiger charge is -2.20. The number of carbonyl (C=O) groups excluding carboxylic acids is 1. The summed E-state index contributed by atoms with van der Waals surface area (Å²) in [6.07, 6.45) is -0.830. The van der Waals surface area contributed by atoms with E-state index in [-0.39, 0.29) is 12.5 Å². The molecule has 1 atom stereocenters. The van der Waals surface area contributed by atoms with Gasteiger partial charge in [-0.05, 0) is 37.6 Å². The van der Waals surface area contributed by atoms with Gasteiger partial charge in [0.1, 0.15) is 24.7 Å². The van der Waals surface area contributed by atoms with Gasteiger partial charge in [0.05, 0.1) is 11.7 Å². The van der Waals surface area contributed by atoms with Gasteiger partial charge in [0.2, 0.25) is 0 Å². The molecule has 122 valence electrons. The molecule has 6 heteroatoms. The summed E-state index contributed by atoms with van der Waals surface area (Å²) in [5.41, 5.74) is 1.14. The summed E-state index contributed by atoms with van der Waals surface area (Å²) in [6.45, 7) is 4.63. The lowest BCUT2D eigenvalue weighted by molar-refractivity contribution is 0.0914. The lowest BCUT2D eigenvalue weighted by Crippen LogP contribution is -2.28. The van der Waals surface area contributed by atoms with E-state index in [0.29, 0.717) is 47.4 Å². The van der Waals surface area contributed by atoms with Crippen molar-refractivity contribution in [2.45, 2.75) is 20.0 Å². The first-order valence-electron chi connectivity index (χ1n) is 7.47. The van der Waals surface area contributed by atoms with Crippen LogP contribution in [0.25, 0.3) is 0 Å². The van der Waals surface area contributed by atoms with Gasteiger partial charge < -0.3 is 24.3 Å². The molecule has 1 aromatic carbocycles. The van der Waals surface area contributed by atoms with Crippen molar-refractivity contribution in [1.82, 2.24) is 5.32 Å². The van der Waals surface area contributed by atoms with Crippen LogP contribution in [0.2, 0.25) is 0 Å². The molecule has 2 aromatic rings. The number of aryl methyl sites for hydroxylation is 2. The summed E-state index contributed by atoms with van der Waals surface area (Å²) in [5, 5.41) is 13.0. The van der Waals surface area contributed by atoms with Crippen molar-refractivity contribution < 1.29 is 23.8 Å². The number of carbonyl (C=O) groups is 1.